The summed E-state index contributed by atoms with van der Waals surface area (Å²) in [5, 5.41) is 0. The summed E-state index contributed by atoms with van der Waals surface area (Å²) in [6.07, 6.45) is 0. The largest absolute Gasteiger partial charge is 0.100 e. The summed E-state index contributed by atoms with van der Waals surface area (Å²) in [6, 6.07) is 9.95. The fourth-order valence-electron chi connectivity index (χ4n) is 0.537. The molecule has 45 valence electrons. The maximum absolute atomic E-state index is 4.55. The van der Waals surface area contributed by atoms with Crippen molar-refractivity contribution in [3.8, 4) is 0 Å². The van der Waals surface area contributed by atoms with Gasteiger partial charge >= 0.3 is 0 Å². The number of rotatable bonds is 2. The highest BCUT2D eigenvalue weighted by molar-refractivity contribution is 8.20. The highest BCUT2D eigenvalue weighted by atomic mass is 32.2. The Morgan fingerprint density at radius 2 is 1.89 bits per heavy atom. The molecular formula is C7H5S2. The smallest absolute Gasteiger partial charge is 0.0763 e. The van der Waals surface area contributed by atoms with E-state index in [-0.39, 0.29) is 0 Å². The van der Waals surface area contributed by atoms with Gasteiger partial charge in [0.2, 0.25) is 0 Å². The van der Waals surface area contributed by atoms with Crippen molar-refractivity contribution in [3.63, 3.8) is 0 Å². The molecule has 1 radical (unpaired) electrons. The van der Waals surface area contributed by atoms with E-state index in [1.165, 1.54) is 11.8 Å². The summed E-state index contributed by atoms with van der Waals surface area (Å²) in [5.74, 6) is 0. The third kappa shape index (κ3) is 2.16. The summed E-state index contributed by atoms with van der Waals surface area (Å²) in [7, 11) is 0. The lowest BCUT2D eigenvalue weighted by Crippen LogP contribution is -1.64. The van der Waals surface area contributed by atoms with Gasteiger partial charge in [-0.25, -0.2) is 0 Å². The minimum absolute atomic E-state index is 1.15. The van der Waals surface area contributed by atoms with Crippen LogP contribution in [0.4, 0.5) is 0 Å². The van der Waals surface area contributed by atoms with E-state index in [4.69, 9.17) is 0 Å². The van der Waals surface area contributed by atoms with E-state index in [9.17, 15) is 0 Å². The van der Waals surface area contributed by atoms with E-state index >= 15 is 0 Å². The van der Waals surface area contributed by atoms with Crippen molar-refractivity contribution in [2.45, 2.75) is 4.90 Å². The Bertz CT molecular complexity index is 181. The number of thioether (sulfide) groups is 1. The molecule has 0 saturated heterocycles. The Hall–Kier alpha value is -0.340. The van der Waals surface area contributed by atoms with Crippen LogP contribution in [0.2, 0.25) is 0 Å². The molecular weight excluding hydrogens is 148 g/mol. The molecule has 0 spiro atoms. The molecule has 1 rings (SSSR count). The Morgan fingerprint density at radius 3 is 2.44 bits per heavy atom. The molecule has 0 aliphatic heterocycles. The fraction of sp³-hybridized carbons (Fsp3) is 0. The van der Waals surface area contributed by atoms with Gasteiger partial charge < -0.3 is 0 Å². The van der Waals surface area contributed by atoms with Crippen molar-refractivity contribution in [3.05, 3.63) is 30.3 Å². The first-order chi connectivity index (χ1) is 4.43. The van der Waals surface area contributed by atoms with Crippen LogP contribution in [0.3, 0.4) is 0 Å². The Kier molecular flexibility index (Phi) is 2.74. The van der Waals surface area contributed by atoms with Gasteiger partial charge in [0.05, 0.1) is 0 Å². The van der Waals surface area contributed by atoms with Gasteiger partial charge in [0.1, 0.15) is 4.70 Å². The van der Waals surface area contributed by atoms with Crippen LogP contribution in [0, 0.1) is 0 Å². The third-order valence-electron chi connectivity index (χ3n) is 0.903. The topological polar surface area (TPSA) is 0 Å². The van der Waals surface area contributed by atoms with Gasteiger partial charge in [-0.05, 0) is 12.1 Å². The molecule has 0 aromatic heterocycles. The number of hydrogen-bond acceptors (Lipinski definition) is 2. The van der Waals surface area contributed by atoms with E-state index in [1.54, 1.807) is 0 Å². The minimum Gasteiger partial charge on any atom is -0.0763 e. The molecule has 0 fully saturated rings. The second-order valence-electron chi connectivity index (χ2n) is 1.50. The van der Waals surface area contributed by atoms with E-state index in [0.717, 1.165) is 4.90 Å². The molecule has 0 nitrogen and oxygen atoms in total. The number of hydrogen-bond donors (Lipinski definition) is 0. The van der Waals surface area contributed by atoms with Crippen LogP contribution >= 0.6 is 24.0 Å². The fourth-order valence-corrected chi connectivity index (χ4v) is 1.21. The van der Waals surface area contributed by atoms with Gasteiger partial charge in [0, 0.05) is 4.90 Å². The lowest BCUT2D eigenvalue weighted by atomic mass is 10.4. The molecule has 0 amide bonds. The average molecular weight is 153 g/mol. The predicted octanol–water partition coefficient (Wildman–Crippen LogP) is 2.61. The van der Waals surface area contributed by atoms with Crippen molar-refractivity contribution < 1.29 is 0 Å². The molecule has 0 saturated carbocycles. The van der Waals surface area contributed by atoms with Crippen molar-refractivity contribution in [2.24, 2.45) is 0 Å². The standard InChI is InChI=1S/C7H5S2/c8-6-9-7-4-2-1-3-5-7/h1-5H. The van der Waals surface area contributed by atoms with Crippen LogP contribution < -0.4 is 0 Å². The predicted molar refractivity (Wildman–Crippen MR) is 44.9 cm³/mol. The van der Waals surface area contributed by atoms with Gasteiger partial charge in [-0.2, -0.15) is 0 Å². The molecule has 0 bridgehead atoms. The summed E-state index contributed by atoms with van der Waals surface area (Å²) < 4.78 is 2.58. The van der Waals surface area contributed by atoms with Crippen LogP contribution in [-0.4, -0.2) is 4.70 Å². The maximum atomic E-state index is 4.55. The van der Waals surface area contributed by atoms with Crippen molar-refractivity contribution in [1.82, 2.24) is 0 Å². The van der Waals surface area contributed by atoms with E-state index in [0.29, 0.717) is 0 Å². The van der Waals surface area contributed by atoms with Crippen molar-refractivity contribution >= 4 is 28.7 Å². The molecule has 0 aliphatic rings. The SMILES string of the molecule is S=[C]Sc1ccccc1. The second kappa shape index (κ2) is 3.64. The zero-order valence-corrected chi connectivity index (χ0v) is 6.34. The molecule has 1 aromatic rings. The van der Waals surface area contributed by atoms with Gasteiger partial charge in [-0.15, -0.1) is 0 Å². The van der Waals surface area contributed by atoms with Crippen molar-refractivity contribution in [1.29, 1.82) is 0 Å². The first kappa shape index (κ1) is 6.78. The number of thiocarbonyl (C=S) groups is 1. The lowest BCUT2D eigenvalue weighted by molar-refractivity contribution is 1.48. The molecule has 0 heterocycles. The molecule has 1 aromatic carbocycles. The molecule has 0 atom stereocenters. The molecule has 2 heteroatoms. The summed E-state index contributed by atoms with van der Waals surface area (Å²) in [5.41, 5.74) is 0. The Labute approximate surface area is 64.3 Å². The zero-order valence-electron chi connectivity index (χ0n) is 4.70. The van der Waals surface area contributed by atoms with Gasteiger partial charge in [0.25, 0.3) is 0 Å². The van der Waals surface area contributed by atoms with Gasteiger partial charge in [0.15, 0.2) is 0 Å². The first-order valence-corrected chi connectivity index (χ1v) is 3.75. The van der Waals surface area contributed by atoms with E-state index in [2.05, 4.69) is 16.9 Å². The minimum atomic E-state index is 1.15. The normalized spacial score (nSPS) is 8.89. The summed E-state index contributed by atoms with van der Waals surface area (Å²) in [6.45, 7) is 0. The zero-order chi connectivity index (χ0) is 6.53. The van der Waals surface area contributed by atoms with Crippen LogP contribution in [0.15, 0.2) is 35.2 Å². The number of benzene rings is 1. The summed E-state index contributed by atoms with van der Waals surface area (Å²) >= 11 is 5.99. The maximum Gasteiger partial charge on any atom is 0.100 e. The third-order valence-corrected chi connectivity index (χ3v) is 1.74. The quantitative estimate of drug-likeness (QED) is 0.473. The summed E-state index contributed by atoms with van der Waals surface area (Å²) in [4.78, 5) is 1.15. The second-order valence-corrected chi connectivity index (χ2v) is 2.84. The van der Waals surface area contributed by atoms with Crippen LogP contribution in [0.25, 0.3) is 0 Å². The molecule has 0 unspecified atom stereocenters. The monoisotopic (exact) mass is 153 g/mol. The van der Waals surface area contributed by atoms with E-state index < -0.39 is 0 Å². The van der Waals surface area contributed by atoms with Crippen LogP contribution in [-0.2, 0) is 0 Å². The van der Waals surface area contributed by atoms with Gasteiger partial charge in [-0.1, -0.05) is 42.2 Å². The average Bonchev–Trinajstić information content (AvgIpc) is 1.91. The molecule has 0 aliphatic carbocycles. The van der Waals surface area contributed by atoms with Crippen LogP contribution in [0.1, 0.15) is 0 Å². The Morgan fingerprint density at radius 1 is 1.22 bits per heavy atom. The lowest BCUT2D eigenvalue weighted by Gasteiger charge is -1.89. The first-order valence-electron chi connectivity index (χ1n) is 2.52. The molecule has 0 N–H and O–H groups in total. The molecule has 9 heavy (non-hydrogen) atoms. The van der Waals surface area contributed by atoms with Crippen molar-refractivity contribution in [2.75, 3.05) is 0 Å². The van der Waals surface area contributed by atoms with E-state index in [1.807, 2.05) is 30.3 Å². The Balaban J connectivity index is 2.72. The highest BCUT2D eigenvalue weighted by Crippen LogP contribution is 2.13. The van der Waals surface area contributed by atoms with Crippen LogP contribution in [0.5, 0.6) is 0 Å². The highest BCUT2D eigenvalue weighted by Gasteiger charge is 1.84. The van der Waals surface area contributed by atoms with Gasteiger partial charge in [-0.3, -0.25) is 0 Å².